The van der Waals surface area contributed by atoms with E-state index in [1.54, 1.807) is 12.1 Å². The van der Waals surface area contributed by atoms with Gasteiger partial charge in [0.05, 0.1) is 11.6 Å². The second-order valence-corrected chi connectivity index (χ2v) is 7.70. The summed E-state index contributed by atoms with van der Waals surface area (Å²) in [5, 5.41) is 3.52. The lowest BCUT2D eigenvalue weighted by Crippen LogP contribution is -2.31. The van der Waals surface area contributed by atoms with Crippen molar-refractivity contribution in [3.05, 3.63) is 102 Å². The van der Waals surface area contributed by atoms with Crippen LogP contribution in [-0.4, -0.2) is 0 Å². The van der Waals surface area contributed by atoms with Crippen LogP contribution in [0.1, 0.15) is 35.1 Å². The van der Waals surface area contributed by atoms with E-state index < -0.39 is 17.8 Å². The van der Waals surface area contributed by atoms with Crippen LogP contribution in [0.4, 0.5) is 18.9 Å². The maximum atomic E-state index is 13.7. The molecule has 1 heterocycles. The number of hydrogen-bond acceptors (Lipinski definition) is 1. The number of halogens is 3. The topological polar surface area (TPSA) is 12.0 Å². The number of rotatable bonds is 2. The lowest BCUT2D eigenvalue weighted by Gasteiger charge is -2.39. The summed E-state index contributed by atoms with van der Waals surface area (Å²) >= 11 is 0. The number of fused-ring (bicyclic) bond motifs is 3. The van der Waals surface area contributed by atoms with Gasteiger partial charge in [0.1, 0.15) is 0 Å². The van der Waals surface area contributed by atoms with E-state index in [0.717, 1.165) is 28.8 Å². The summed E-state index contributed by atoms with van der Waals surface area (Å²) in [4.78, 5) is 0. The molecule has 0 saturated heterocycles. The number of alkyl halides is 3. The molecule has 5 rings (SSSR count). The van der Waals surface area contributed by atoms with E-state index in [9.17, 15) is 13.2 Å². The molecule has 0 saturated carbocycles. The van der Waals surface area contributed by atoms with E-state index in [1.165, 1.54) is 12.1 Å². The fraction of sp³-hybridized carbons (Fsp3) is 0.200. The molecular formula is C25H20F3N. The number of allylic oxidation sites excluding steroid dienone is 2. The highest BCUT2D eigenvalue weighted by Crippen LogP contribution is 2.53. The highest BCUT2D eigenvalue weighted by Gasteiger charge is 2.42. The monoisotopic (exact) mass is 391 g/mol. The first-order valence-corrected chi connectivity index (χ1v) is 9.81. The van der Waals surface area contributed by atoms with Gasteiger partial charge in [-0.25, -0.2) is 0 Å². The largest absolute Gasteiger partial charge is 0.416 e. The van der Waals surface area contributed by atoms with E-state index in [-0.39, 0.29) is 11.8 Å². The van der Waals surface area contributed by atoms with E-state index >= 15 is 0 Å². The Morgan fingerprint density at radius 2 is 1.52 bits per heavy atom. The Morgan fingerprint density at radius 1 is 0.793 bits per heavy atom. The van der Waals surface area contributed by atoms with Crippen LogP contribution < -0.4 is 5.32 Å². The van der Waals surface area contributed by atoms with Crippen LogP contribution in [0.25, 0.3) is 11.1 Å². The second-order valence-electron chi connectivity index (χ2n) is 7.70. The Kier molecular flexibility index (Phi) is 4.23. The highest BCUT2D eigenvalue weighted by molar-refractivity contribution is 5.82. The normalized spacial score (nSPS) is 22.7. The molecule has 1 N–H and O–H groups in total. The molecule has 3 aromatic carbocycles. The van der Waals surface area contributed by atoms with Crippen molar-refractivity contribution in [2.45, 2.75) is 24.6 Å². The molecule has 3 aromatic rings. The maximum absolute atomic E-state index is 13.7. The van der Waals surface area contributed by atoms with Crippen LogP contribution in [0.2, 0.25) is 0 Å². The maximum Gasteiger partial charge on any atom is 0.416 e. The van der Waals surface area contributed by atoms with Gasteiger partial charge in [0.25, 0.3) is 0 Å². The van der Waals surface area contributed by atoms with Crippen molar-refractivity contribution in [2.75, 3.05) is 5.32 Å². The summed E-state index contributed by atoms with van der Waals surface area (Å²) in [6.45, 7) is 0. The van der Waals surface area contributed by atoms with Gasteiger partial charge in [-0.3, -0.25) is 0 Å². The van der Waals surface area contributed by atoms with E-state index in [4.69, 9.17) is 0 Å². The standard InChI is InChI=1S/C25H20F3N/c26-25(27,28)22-15-5-4-10-21(22)24-20-14-7-12-18(20)19-13-6-11-17(23(19)29-24)16-8-2-1-3-9-16/h1-13,15,18,20,24,29H,14H2/t18-,20+,24+/m0/s1. The molecule has 0 bridgehead atoms. The predicted molar refractivity (Wildman–Crippen MR) is 110 cm³/mol. The Bertz CT molecular complexity index is 1070. The minimum atomic E-state index is -4.38. The lowest BCUT2D eigenvalue weighted by molar-refractivity contribution is -0.138. The highest BCUT2D eigenvalue weighted by atomic mass is 19.4. The summed E-state index contributed by atoms with van der Waals surface area (Å²) in [7, 11) is 0. The van der Waals surface area contributed by atoms with Gasteiger partial charge >= 0.3 is 6.18 Å². The zero-order valence-corrected chi connectivity index (χ0v) is 15.7. The van der Waals surface area contributed by atoms with Crippen LogP contribution in [0, 0.1) is 5.92 Å². The number of benzene rings is 3. The molecule has 0 fully saturated rings. The fourth-order valence-electron chi connectivity index (χ4n) is 4.81. The molecule has 2 aliphatic rings. The smallest absolute Gasteiger partial charge is 0.377 e. The van der Waals surface area contributed by atoms with Crippen LogP contribution in [0.15, 0.2) is 84.9 Å². The first-order chi connectivity index (χ1) is 14.0. The van der Waals surface area contributed by atoms with E-state index in [1.807, 2.05) is 42.5 Å². The number of para-hydroxylation sites is 1. The zero-order valence-electron chi connectivity index (χ0n) is 15.7. The van der Waals surface area contributed by atoms with Gasteiger partial charge in [-0.2, -0.15) is 13.2 Å². The van der Waals surface area contributed by atoms with Crippen molar-refractivity contribution in [3.63, 3.8) is 0 Å². The summed E-state index contributed by atoms with van der Waals surface area (Å²) in [6.07, 6.45) is 0.648. The van der Waals surface area contributed by atoms with Gasteiger partial charge in [-0.1, -0.05) is 78.9 Å². The average Bonchev–Trinajstić information content (AvgIpc) is 3.23. The zero-order chi connectivity index (χ0) is 20.0. The SMILES string of the molecule is FC(F)(F)c1ccccc1[C@@H]1Nc2c(-c3ccccc3)cccc2[C@@H]2C=CC[C@H]21. The van der Waals surface area contributed by atoms with Gasteiger partial charge in [-0.05, 0) is 35.1 Å². The van der Waals surface area contributed by atoms with Gasteiger partial charge in [-0.15, -0.1) is 0 Å². The van der Waals surface area contributed by atoms with Gasteiger partial charge in [0, 0.05) is 17.2 Å². The van der Waals surface area contributed by atoms with Crippen molar-refractivity contribution in [1.29, 1.82) is 0 Å². The Balaban J connectivity index is 1.67. The quantitative estimate of drug-likeness (QED) is 0.456. The third kappa shape index (κ3) is 3.03. The van der Waals surface area contributed by atoms with Crippen LogP contribution >= 0.6 is 0 Å². The van der Waals surface area contributed by atoms with E-state index in [0.29, 0.717) is 5.56 Å². The molecule has 0 spiro atoms. The van der Waals surface area contributed by atoms with Crippen molar-refractivity contribution in [3.8, 4) is 11.1 Å². The van der Waals surface area contributed by atoms with Gasteiger partial charge in [0.15, 0.2) is 0 Å². The molecule has 1 nitrogen and oxygen atoms in total. The first kappa shape index (κ1) is 18.0. The number of hydrogen-bond donors (Lipinski definition) is 1. The summed E-state index contributed by atoms with van der Waals surface area (Å²) in [5.74, 6) is 0.179. The van der Waals surface area contributed by atoms with Gasteiger partial charge < -0.3 is 5.32 Å². The summed E-state index contributed by atoms with van der Waals surface area (Å²) in [5.41, 5.74) is 3.95. The number of nitrogens with one attached hydrogen (secondary N) is 1. The molecule has 29 heavy (non-hydrogen) atoms. The third-order valence-electron chi connectivity index (χ3n) is 6.08. The van der Waals surface area contributed by atoms with Crippen LogP contribution in [0.5, 0.6) is 0 Å². The molecular weight excluding hydrogens is 371 g/mol. The third-order valence-corrected chi connectivity index (χ3v) is 6.08. The molecule has 1 aliphatic carbocycles. The predicted octanol–water partition coefficient (Wildman–Crippen LogP) is 7.20. The Labute approximate surface area is 167 Å². The fourth-order valence-corrected chi connectivity index (χ4v) is 4.81. The number of anilines is 1. The van der Waals surface area contributed by atoms with Crippen molar-refractivity contribution >= 4 is 5.69 Å². The molecule has 0 aromatic heterocycles. The van der Waals surface area contributed by atoms with Crippen molar-refractivity contribution < 1.29 is 13.2 Å². The van der Waals surface area contributed by atoms with Gasteiger partial charge in [0.2, 0.25) is 0 Å². The Hall–Kier alpha value is -3.01. The molecule has 146 valence electrons. The summed E-state index contributed by atoms with van der Waals surface area (Å²) < 4.78 is 41.2. The first-order valence-electron chi connectivity index (χ1n) is 9.81. The molecule has 0 radical (unpaired) electrons. The van der Waals surface area contributed by atoms with Crippen molar-refractivity contribution in [2.24, 2.45) is 5.92 Å². The van der Waals surface area contributed by atoms with Crippen LogP contribution in [0.3, 0.4) is 0 Å². The second kappa shape index (κ2) is 6.80. The van der Waals surface area contributed by atoms with Crippen molar-refractivity contribution in [1.82, 2.24) is 0 Å². The summed E-state index contributed by atoms with van der Waals surface area (Å²) in [6, 6.07) is 21.7. The minimum absolute atomic E-state index is 0.0667. The Morgan fingerprint density at radius 3 is 2.31 bits per heavy atom. The molecule has 4 heteroatoms. The molecule has 0 unspecified atom stereocenters. The van der Waals surface area contributed by atoms with Crippen LogP contribution in [-0.2, 0) is 6.18 Å². The molecule has 0 amide bonds. The van der Waals surface area contributed by atoms with E-state index in [2.05, 4.69) is 23.5 Å². The average molecular weight is 391 g/mol. The minimum Gasteiger partial charge on any atom is -0.377 e. The molecule has 3 atom stereocenters. The molecule has 1 aliphatic heterocycles. The lowest BCUT2D eigenvalue weighted by atomic mass is 9.75.